The van der Waals surface area contributed by atoms with E-state index in [2.05, 4.69) is 75.4 Å². The smallest absolute Gasteiger partial charge is 0.119 e. The predicted octanol–water partition coefficient (Wildman–Crippen LogP) is 12.7. The lowest BCUT2D eigenvalue weighted by Crippen LogP contribution is -1.97. The summed E-state index contributed by atoms with van der Waals surface area (Å²) in [7, 11) is 0. The van der Waals surface area contributed by atoms with E-state index in [0.29, 0.717) is 0 Å². The normalized spacial score (nSPS) is 11.5. The molecule has 2 rings (SSSR count). The van der Waals surface area contributed by atoms with Crippen molar-refractivity contribution < 1.29 is 4.74 Å². The first-order valence-electron chi connectivity index (χ1n) is 17.1. The van der Waals surface area contributed by atoms with E-state index in [9.17, 15) is 0 Å². The van der Waals surface area contributed by atoms with Gasteiger partial charge in [-0.2, -0.15) is 0 Å². The minimum atomic E-state index is 0.811. The number of allylic oxidation sites excluding steroid dienone is 1. The van der Waals surface area contributed by atoms with Crippen molar-refractivity contribution in [1.82, 2.24) is 0 Å². The lowest BCUT2D eigenvalue weighted by atomic mass is 10.0. The van der Waals surface area contributed by atoms with Crippen molar-refractivity contribution in [3.05, 3.63) is 71.3 Å². The van der Waals surface area contributed by atoms with Gasteiger partial charge in [0.25, 0.3) is 0 Å². The Morgan fingerprint density at radius 1 is 0.659 bits per heavy atom. The molecule has 0 amide bonds. The summed E-state index contributed by atoms with van der Waals surface area (Å²) in [6, 6.07) is 17.2. The Hall–Kier alpha value is -1.93. The van der Waals surface area contributed by atoms with Crippen LogP contribution >= 0.6 is 12.2 Å². The Kier molecular flexibility index (Phi) is 20.3. The summed E-state index contributed by atoms with van der Waals surface area (Å²) < 4.78 is 5.98. The molecule has 0 spiro atoms. The standard InChI is InChI=1S/C39H60OS/c1-4-5-6-7-8-9-10-11-12-13-14-15-16-20-33-40-38-30-25-36(26-31-38)27-32-39(41)37-28-23-35(24-29-37)22-19-17-18-21-34(2)3/h23-32,34H,4-22,33H2,1-3H3. The van der Waals surface area contributed by atoms with Crippen molar-refractivity contribution in [2.24, 2.45) is 5.92 Å². The molecule has 0 heterocycles. The Bertz CT molecular complexity index is 925. The zero-order chi connectivity index (χ0) is 29.4. The predicted molar refractivity (Wildman–Crippen MR) is 186 cm³/mol. The zero-order valence-corrected chi connectivity index (χ0v) is 27.6. The molecule has 0 fully saturated rings. The van der Waals surface area contributed by atoms with Crippen molar-refractivity contribution in [1.29, 1.82) is 0 Å². The summed E-state index contributed by atoms with van der Waals surface area (Å²) >= 11 is 5.67. The fraction of sp³-hybridized carbons (Fsp3) is 0.615. The minimum absolute atomic E-state index is 0.811. The maximum absolute atomic E-state index is 5.98. The van der Waals surface area contributed by atoms with Crippen LogP contribution in [0.25, 0.3) is 6.08 Å². The van der Waals surface area contributed by atoms with Crippen molar-refractivity contribution in [3.63, 3.8) is 0 Å². The first-order valence-corrected chi connectivity index (χ1v) is 17.5. The molecule has 0 unspecified atom stereocenters. The van der Waals surface area contributed by atoms with Gasteiger partial charge in [0.05, 0.1) is 6.61 Å². The largest absolute Gasteiger partial charge is 0.494 e. The minimum Gasteiger partial charge on any atom is -0.494 e. The van der Waals surface area contributed by atoms with Gasteiger partial charge in [-0.1, -0.05) is 178 Å². The van der Waals surface area contributed by atoms with Gasteiger partial charge >= 0.3 is 0 Å². The summed E-state index contributed by atoms with van der Waals surface area (Å²) in [5.74, 6) is 1.78. The molecule has 0 radical (unpaired) electrons. The monoisotopic (exact) mass is 576 g/mol. The lowest BCUT2D eigenvalue weighted by molar-refractivity contribution is 0.304. The van der Waals surface area contributed by atoms with Gasteiger partial charge in [0.2, 0.25) is 0 Å². The summed E-state index contributed by atoms with van der Waals surface area (Å²) in [5.41, 5.74) is 3.68. The van der Waals surface area contributed by atoms with Crippen LogP contribution in [-0.4, -0.2) is 11.5 Å². The van der Waals surface area contributed by atoms with Gasteiger partial charge in [-0.05, 0) is 60.1 Å². The van der Waals surface area contributed by atoms with Gasteiger partial charge in [0.1, 0.15) is 5.75 Å². The number of thiocarbonyl (C=S) groups is 1. The first kappa shape index (κ1) is 35.3. The second-order valence-corrected chi connectivity index (χ2v) is 12.8. The van der Waals surface area contributed by atoms with E-state index in [1.807, 2.05) is 6.08 Å². The highest BCUT2D eigenvalue weighted by Gasteiger charge is 2.01. The molecule has 0 saturated heterocycles. The molecule has 2 aromatic carbocycles. The van der Waals surface area contributed by atoms with Crippen LogP contribution in [0.5, 0.6) is 5.75 Å². The molecule has 0 aliphatic carbocycles. The summed E-state index contributed by atoms with van der Waals surface area (Å²) in [6.07, 6.45) is 29.9. The Labute approximate surface area is 259 Å². The molecule has 0 N–H and O–H groups in total. The average molecular weight is 577 g/mol. The highest BCUT2D eigenvalue weighted by Crippen LogP contribution is 2.17. The molecular weight excluding hydrogens is 516 g/mol. The van der Waals surface area contributed by atoms with Crippen molar-refractivity contribution in [3.8, 4) is 5.75 Å². The third-order valence-corrected chi connectivity index (χ3v) is 8.43. The molecule has 1 nitrogen and oxygen atoms in total. The van der Waals surface area contributed by atoms with Crippen molar-refractivity contribution in [2.75, 3.05) is 6.61 Å². The van der Waals surface area contributed by atoms with E-state index in [1.165, 1.54) is 115 Å². The molecule has 0 aromatic heterocycles. The van der Waals surface area contributed by atoms with Crippen LogP contribution in [0.2, 0.25) is 0 Å². The van der Waals surface area contributed by atoms with Crippen LogP contribution in [0.15, 0.2) is 54.6 Å². The van der Waals surface area contributed by atoms with Gasteiger partial charge in [-0.15, -0.1) is 0 Å². The van der Waals surface area contributed by atoms with E-state index < -0.39 is 0 Å². The van der Waals surface area contributed by atoms with Crippen LogP contribution < -0.4 is 4.74 Å². The summed E-state index contributed by atoms with van der Waals surface area (Å²) in [4.78, 5) is 0.881. The second-order valence-electron chi connectivity index (χ2n) is 12.4. The van der Waals surface area contributed by atoms with Crippen LogP contribution in [0, 0.1) is 5.92 Å². The highest BCUT2D eigenvalue weighted by molar-refractivity contribution is 7.81. The van der Waals surface area contributed by atoms with Gasteiger partial charge < -0.3 is 4.74 Å². The van der Waals surface area contributed by atoms with Crippen LogP contribution in [0.3, 0.4) is 0 Å². The van der Waals surface area contributed by atoms with E-state index in [4.69, 9.17) is 17.0 Å². The van der Waals surface area contributed by atoms with Gasteiger partial charge in [-0.3, -0.25) is 0 Å². The molecule has 41 heavy (non-hydrogen) atoms. The second kappa shape index (κ2) is 23.6. The van der Waals surface area contributed by atoms with Crippen LogP contribution in [0.1, 0.15) is 153 Å². The molecule has 0 atom stereocenters. The third-order valence-electron chi connectivity index (χ3n) is 8.06. The molecule has 0 aliphatic rings. The molecule has 2 aromatic rings. The number of unbranched alkanes of at least 4 members (excludes halogenated alkanes) is 15. The van der Waals surface area contributed by atoms with Crippen molar-refractivity contribution in [2.45, 2.75) is 143 Å². The lowest BCUT2D eigenvalue weighted by Gasteiger charge is -2.07. The Morgan fingerprint density at radius 3 is 1.76 bits per heavy atom. The SMILES string of the molecule is CCCCCCCCCCCCCCCCOc1ccc(C=CC(=S)c2ccc(CCCCCC(C)C)cc2)cc1. The first-order chi connectivity index (χ1) is 20.1. The third kappa shape index (κ3) is 18.3. The highest BCUT2D eigenvalue weighted by atomic mass is 32.1. The summed E-state index contributed by atoms with van der Waals surface area (Å²) in [6.45, 7) is 7.72. The number of rotatable bonds is 25. The van der Waals surface area contributed by atoms with E-state index in [1.54, 1.807) is 0 Å². The number of ether oxygens (including phenoxy) is 1. The fourth-order valence-corrected chi connectivity index (χ4v) is 5.53. The van der Waals surface area contributed by atoms with Gasteiger partial charge in [0.15, 0.2) is 0 Å². The van der Waals surface area contributed by atoms with E-state index in [0.717, 1.165) is 47.1 Å². The molecule has 228 valence electrons. The maximum Gasteiger partial charge on any atom is 0.119 e. The molecule has 0 bridgehead atoms. The number of benzene rings is 2. The fourth-order valence-electron chi connectivity index (χ4n) is 5.32. The molecule has 0 saturated carbocycles. The molecular formula is C39H60OS. The Balaban J connectivity index is 1.51. The summed E-state index contributed by atoms with van der Waals surface area (Å²) in [5, 5.41) is 0. The van der Waals surface area contributed by atoms with E-state index >= 15 is 0 Å². The van der Waals surface area contributed by atoms with Crippen LogP contribution in [0.4, 0.5) is 0 Å². The van der Waals surface area contributed by atoms with Gasteiger partial charge in [-0.25, -0.2) is 0 Å². The average Bonchev–Trinajstić information content (AvgIpc) is 2.98. The van der Waals surface area contributed by atoms with Crippen molar-refractivity contribution >= 4 is 23.2 Å². The molecule has 0 aliphatic heterocycles. The topological polar surface area (TPSA) is 9.23 Å². The van der Waals surface area contributed by atoms with Gasteiger partial charge in [0, 0.05) is 4.86 Å². The van der Waals surface area contributed by atoms with E-state index in [-0.39, 0.29) is 0 Å². The maximum atomic E-state index is 5.98. The number of hydrogen-bond donors (Lipinski definition) is 0. The Morgan fingerprint density at radius 2 is 1.20 bits per heavy atom. The quantitative estimate of drug-likeness (QED) is 0.0503. The number of hydrogen-bond acceptors (Lipinski definition) is 2. The number of aryl methyl sites for hydroxylation is 1. The van der Waals surface area contributed by atoms with Crippen LogP contribution in [-0.2, 0) is 6.42 Å². The zero-order valence-electron chi connectivity index (χ0n) is 26.8. The molecule has 2 heteroatoms.